The van der Waals surface area contributed by atoms with E-state index in [0.717, 1.165) is 51.6 Å². The Morgan fingerprint density at radius 1 is 1.28 bits per heavy atom. The lowest BCUT2D eigenvalue weighted by atomic mass is 9.83. The van der Waals surface area contributed by atoms with Gasteiger partial charge < -0.3 is 14.7 Å². The van der Waals surface area contributed by atoms with Gasteiger partial charge in [0.25, 0.3) is 5.91 Å². The zero-order valence-corrected chi connectivity index (χ0v) is 11.3. The van der Waals surface area contributed by atoms with Gasteiger partial charge in [0.15, 0.2) is 0 Å². The third-order valence-electron chi connectivity index (χ3n) is 4.45. The Morgan fingerprint density at radius 3 is 2.56 bits per heavy atom. The number of likely N-dealkylation sites (N-methyl/N-ethyl adjacent to an activating group) is 1. The molecule has 2 fully saturated rings. The first-order valence-electron chi connectivity index (χ1n) is 7.21. The monoisotopic (exact) mass is 255 g/mol. The van der Waals surface area contributed by atoms with E-state index in [1.165, 1.54) is 0 Å². The maximum absolute atomic E-state index is 12.2. The van der Waals surface area contributed by atoms with Gasteiger partial charge >= 0.3 is 0 Å². The molecular weight excluding hydrogens is 230 g/mol. The summed E-state index contributed by atoms with van der Waals surface area (Å²) < 4.78 is 5.46. The van der Waals surface area contributed by atoms with E-state index in [9.17, 15) is 4.79 Å². The summed E-state index contributed by atoms with van der Waals surface area (Å²) in [5, 5.41) is 8.94. The zero-order chi connectivity index (χ0) is 13.0. The van der Waals surface area contributed by atoms with Gasteiger partial charge in [0.1, 0.15) is 6.10 Å². The molecule has 4 nitrogen and oxygen atoms in total. The predicted octanol–water partition coefficient (Wildman–Crippen LogP) is 1.56. The third kappa shape index (κ3) is 3.23. The fourth-order valence-corrected chi connectivity index (χ4v) is 3.18. The Bertz CT molecular complexity index is 268. The predicted molar refractivity (Wildman–Crippen MR) is 69.2 cm³/mol. The normalized spacial score (nSPS) is 32.4. The fraction of sp³-hybridized carbons (Fsp3) is 0.929. The first-order chi connectivity index (χ1) is 8.72. The largest absolute Gasteiger partial charge is 0.396 e. The quantitative estimate of drug-likeness (QED) is 0.829. The maximum atomic E-state index is 12.2. The summed E-state index contributed by atoms with van der Waals surface area (Å²) in [5.74, 6) is 0.815. The second-order valence-corrected chi connectivity index (χ2v) is 5.64. The molecule has 4 heteroatoms. The lowest BCUT2D eigenvalue weighted by molar-refractivity contribution is -0.142. The molecule has 2 rings (SSSR count). The van der Waals surface area contributed by atoms with Gasteiger partial charge in [0.05, 0.1) is 0 Å². The van der Waals surface area contributed by atoms with Gasteiger partial charge in [-0.3, -0.25) is 4.79 Å². The van der Waals surface area contributed by atoms with Crippen LogP contribution in [0.2, 0.25) is 0 Å². The van der Waals surface area contributed by atoms with Crippen LogP contribution in [0.1, 0.15) is 44.9 Å². The molecule has 1 saturated heterocycles. The minimum absolute atomic E-state index is 0.165. The molecule has 0 bridgehead atoms. The van der Waals surface area contributed by atoms with Gasteiger partial charge in [-0.05, 0) is 50.9 Å². The Kier molecular flexibility index (Phi) is 5.01. The Morgan fingerprint density at radius 2 is 2.00 bits per heavy atom. The van der Waals surface area contributed by atoms with E-state index in [0.29, 0.717) is 18.6 Å². The maximum Gasteiger partial charge on any atom is 0.251 e. The fourth-order valence-electron chi connectivity index (χ4n) is 3.18. The van der Waals surface area contributed by atoms with Crippen molar-refractivity contribution >= 4 is 5.91 Å². The number of rotatable bonds is 4. The standard InChI is InChI=1S/C14H25NO3/c1-15(14(17)13-3-2-10-18-13)12-6-4-11(5-7-12)8-9-16/h11-13,16H,2-10H2,1H3. The summed E-state index contributed by atoms with van der Waals surface area (Å²) in [7, 11) is 1.92. The number of carbonyl (C=O) groups is 1. The van der Waals surface area contributed by atoms with Gasteiger partial charge in [-0.1, -0.05) is 0 Å². The number of nitrogens with zero attached hydrogens (tertiary/aromatic N) is 1. The molecular formula is C14H25NO3. The minimum Gasteiger partial charge on any atom is -0.396 e. The molecule has 1 aliphatic carbocycles. The SMILES string of the molecule is CN(C(=O)C1CCCO1)C1CCC(CCO)CC1. The molecule has 2 aliphatic rings. The van der Waals surface area contributed by atoms with E-state index in [4.69, 9.17) is 9.84 Å². The number of amides is 1. The van der Waals surface area contributed by atoms with Gasteiger partial charge in [-0.2, -0.15) is 0 Å². The average molecular weight is 255 g/mol. The highest BCUT2D eigenvalue weighted by Crippen LogP contribution is 2.29. The molecule has 1 aliphatic heterocycles. The van der Waals surface area contributed by atoms with E-state index >= 15 is 0 Å². The van der Waals surface area contributed by atoms with Gasteiger partial charge in [-0.15, -0.1) is 0 Å². The molecule has 1 heterocycles. The second kappa shape index (κ2) is 6.53. The summed E-state index contributed by atoms with van der Waals surface area (Å²) >= 11 is 0. The van der Waals surface area contributed by atoms with Crippen LogP contribution >= 0.6 is 0 Å². The summed E-state index contributed by atoms with van der Waals surface area (Å²) in [6, 6.07) is 0.372. The van der Waals surface area contributed by atoms with E-state index in [-0.39, 0.29) is 12.0 Å². The molecule has 18 heavy (non-hydrogen) atoms. The summed E-state index contributed by atoms with van der Waals surface area (Å²) in [4.78, 5) is 14.1. The van der Waals surface area contributed by atoms with E-state index in [2.05, 4.69) is 0 Å². The van der Waals surface area contributed by atoms with Crippen LogP contribution in [0.25, 0.3) is 0 Å². The molecule has 1 amide bonds. The van der Waals surface area contributed by atoms with Gasteiger partial charge in [0.2, 0.25) is 0 Å². The van der Waals surface area contributed by atoms with Crippen molar-refractivity contribution in [3.05, 3.63) is 0 Å². The molecule has 1 saturated carbocycles. The Labute approximate surface area is 109 Å². The van der Waals surface area contributed by atoms with Crippen LogP contribution in [-0.4, -0.2) is 48.3 Å². The van der Waals surface area contributed by atoms with Crippen molar-refractivity contribution in [2.45, 2.75) is 57.1 Å². The molecule has 0 aromatic rings. The number of hydrogen-bond donors (Lipinski definition) is 1. The third-order valence-corrected chi connectivity index (χ3v) is 4.45. The van der Waals surface area contributed by atoms with Gasteiger partial charge in [-0.25, -0.2) is 0 Å². The summed E-state index contributed by atoms with van der Waals surface area (Å²) in [5.41, 5.74) is 0. The molecule has 0 aromatic carbocycles. The van der Waals surface area contributed by atoms with Crippen LogP contribution < -0.4 is 0 Å². The van der Waals surface area contributed by atoms with Gasteiger partial charge in [0, 0.05) is 26.3 Å². The van der Waals surface area contributed by atoms with Crippen LogP contribution in [0.15, 0.2) is 0 Å². The number of ether oxygens (including phenoxy) is 1. The lowest BCUT2D eigenvalue weighted by Crippen LogP contribution is -2.44. The van der Waals surface area contributed by atoms with Crippen molar-refractivity contribution in [3.8, 4) is 0 Å². The summed E-state index contributed by atoms with van der Waals surface area (Å²) in [6.07, 6.45) is 7.01. The molecule has 104 valence electrons. The van der Waals surface area contributed by atoms with Crippen LogP contribution in [-0.2, 0) is 9.53 Å². The second-order valence-electron chi connectivity index (χ2n) is 5.64. The lowest BCUT2D eigenvalue weighted by Gasteiger charge is -2.35. The molecule has 1 unspecified atom stereocenters. The molecule has 0 aromatic heterocycles. The first kappa shape index (κ1) is 13.8. The Hall–Kier alpha value is -0.610. The number of hydrogen-bond acceptors (Lipinski definition) is 3. The van der Waals surface area contributed by atoms with Crippen molar-refractivity contribution in [3.63, 3.8) is 0 Å². The van der Waals surface area contributed by atoms with Crippen LogP contribution in [0.5, 0.6) is 0 Å². The molecule has 0 spiro atoms. The molecule has 0 radical (unpaired) electrons. The first-order valence-corrected chi connectivity index (χ1v) is 7.21. The van der Waals surface area contributed by atoms with Crippen LogP contribution in [0.3, 0.4) is 0 Å². The highest BCUT2D eigenvalue weighted by molar-refractivity contribution is 5.81. The highest BCUT2D eigenvalue weighted by Gasteiger charge is 2.32. The van der Waals surface area contributed by atoms with Crippen LogP contribution in [0, 0.1) is 5.92 Å². The summed E-state index contributed by atoms with van der Waals surface area (Å²) in [6.45, 7) is 1.02. The number of carbonyl (C=O) groups excluding carboxylic acids is 1. The zero-order valence-electron chi connectivity index (χ0n) is 11.3. The highest BCUT2D eigenvalue weighted by atomic mass is 16.5. The minimum atomic E-state index is -0.190. The molecule has 1 N–H and O–H groups in total. The van der Waals surface area contributed by atoms with E-state index in [1.54, 1.807) is 0 Å². The van der Waals surface area contributed by atoms with Crippen molar-refractivity contribution in [2.24, 2.45) is 5.92 Å². The average Bonchev–Trinajstić information content (AvgIpc) is 2.92. The Balaban J connectivity index is 1.79. The van der Waals surface area contributed by atoms with E-state index < -0.39 is 0 Å². The van der Waals surface area contributed by atoms with Crippen molar-refractivity contribution in [1.82, 2.24) is 4.90 Å². The number of aliphatic hydroxyl groups excluding tert-OH is 1. The smallest absolute Gasteiger partial charge is 0.251 e. The number of aliphatic hydroxyl groups is 1. The molecule has 1 atom stereocenters. The van der Waals surface area contributed by atoms with E-state index in [1.807, 2.05) is 11.9 Å². The van der Waals surface area contributed by atoms with Crippen molar-refractivity contribution < 1.29 is 14.6 Å². The van der Waals surface area contributed by atoms with Crippen molar-refractivity contribution in [2.75, 3.05) is 20.3 Å². The topological polar surface area (TPSA) is 49.8 Å². The van der Waals surface area contributed by atoms with Crippen molar-refractivity contribution in [1.29, 1.82) is 0 Å². The van der Waals surface area contributed by atoms with Crippen LogP contribution in [0.4, 0.5) is 0 Å².